The Morgan fingerprint density at radius 3 is 2.39 bits per heavy atom. The molecule has 0 amide bonds. The van der Waals surface area contributed by atoms with Crippen molar-refractivity contribution in [2.45, 2.75) is 32.1 Å². The third-order valence-electron chi connectivity index (χ3n) is 5.08. The quantitative estimate of drug-likeness (QED) is 0.643. The van der Waals surface area contributed by atoms with Gasteiger partial charge in [-0.2, -0.15) is 5.26 Å². The number of para-hydroxylation sites is 1. The van der Waals surface area contributed by atoms with Crippen LogP contribution in [-0.2, 0) is 5.41 Å². The molecule has 3 aromatic rings. The third kappa shape index (κ3) is 2.74. The molecule has 5 heteroatoms. The van der Waals surface area contributed by atoms with E-state index in [-0.39, 0.29) is 16.9 Å². The Morgan fingerprint density at radius 2 is 1.75 bits per heavy atom. The Balaban J connectivity index is 1.98. The van der Waals surface area contributed by atoms with Gasteiger partial charge < -0.3 is 14.9 Å². The van der Waals surface area contributed by atoms with Gasteiger partial charge in [0.1, 0.15) is 17.2 Å². The summed E-state index contributed by atoms with van der Waals surface area (Å²) in [6.07, 6.45) is 0. The predicted octanol–water partition coefficient (Wildman–Crippen LogP) is 4.31. The largest absolute Gasteiger partial charge is 0.439 e. The summed E-state index contributed by atoms with van der Waals surface area (Å²) in [5.41, 5.74) is 8.41. The number of hydrogen-bond acceptors (Lipinski definition) is 5. The molecule has 2 N–H and O–H groups in total. The van der Waals surface area contributed by atoms with Crippen molar-refractivity contribution < 1.29 is 9.15 Å². The number of nitrogens with two attached hydrogens (primary N) is 1. The Labute approximate surface area is 162 Å². The van der Waals surface area contributed by atoms with E-state index in [2.05, 4.69) is 26.8 Å². The van der Waals surface area contributed by atoms with E-state index in [0.717, 1.165) is 11.1 Å². The number of ether oxygens (including phenoxy) is 1. The standard InChI is InChI=1S/C23H20N2O3/c1-23(2,3)14-10-8-13(9-11-14)18-16(12-24)21(25)28-20-15-6-4-5-7-17(15)27-22(26)19(18)20/h4-11,18H,25H2,1-3H3/t18-/m1/s1. The zero-order valence-corrected chi connectivity index (χ0v) is 15.9. The maximum Gasteiger partial charge on any atom is 0.344 e. The maximum absolute atomic E-state index is 12.8. The maximum atomic E-state index is 12.8. The molecule has 4 rings (SSSR count). The summed E-state index contributed by atoms with van der Waals surface area (Å²) in [6.45, 7) is 6.39. The zero-order chi connectivity index (χ0) is 20.1. The van der Waals surface area contributed by atoms with Crippen molar-refractivity contribution in [2.75, 3.05) is 0 Å². The molecule has 0 saturated heterocycles. The third-order valence-corrected chi connectivity index (χ3v) is 5.08. The highest BCUT2D eigenvalue weighted by atomic mass is 16.5. The monoisotopic (exact) mass is 372 g/mol. The van der Waals surface area contributed by atoms with E-state index in [9.17, 15) is 10.1 Å². The zero-order valence-electron chi connectivity index (χ0n) is 15.9. The molecule has 0 bridgehead atoms. The number of hydrogen-bond donors (Lipinski definition) is 1. The fraction of sp³-hybridized carbons (Fsp3) is 0.217. The van der Waals surface area contributed by atoms with E-state index in [1.165, 1.54) is 0 Å². The second kappa shape index (κ2) is 6.28. The minimum atomic E-state index is -0.636. The SMILES string of the molecule is CC(C)(C)c1ccc([C@@H]2C(C#N)=C(N)Oc3c2c(=O)oc2ccccc32)cc1. The van der Waals surface area contributed by atoms with Crippen LogP contribution in [0, 0.1) is 11.3 Å². The average molecular weight is 372 g/mol. The topological polar surface area (TPSA) is 89.3 Å². The summed E-state index contributed by atoms with van der Waals surface area (Å²) in [4.78, 5) is 12.8. The van der Waals surface area contributed by atoms with Crippen molar-refractivity contribution >= 4 is 11.0 Å². The van der Waals surface area contributed by atoms with Crippen LogP contribution in [0.1, 0.15) is 43.4 Å². The van der Waals surface area contributed by atoms with E-state index in [1.807, 2.05) is 36.4 Å². The van der Waals surface area contributed by atoms with Crippen LogP contribution >= 0.6 is 0 Å². The van der Waals surface area contributed by atoms with Crippen LogP contribution in [0.4, 0.5) is 0 Å². The van der Waals surface area contributed by atoms with Gasteiger partial charge in [0.15, 0.2) is 5.75 Å². The van der Waals surface area contributed by atoms with Crippen LogP contribution in [0.25, 0.3) is 11.0 Å². The van der Waals surface area contributed by atoms with Crippen LogP contribution in [0.5, 0.6) is 5.75 Å². The van der Waals surface area contributed by atoms with E-state index >= 15 is 0 Å². The molecule has 0 radical (unpaired) electrons. The summed E-state index contributed by atoms with van der Waals surface area (Å²) in [5.74, 6) is -0.271. The molecule has 2 heterocycles. The number of nitrogens with zero attached hydrogens (tertiary/aromatic N) is 1. The van der Waals surface area contributed by atoms with Gasteiger partial charge in [0, 0.05) is 0 Å². The summed E-state index contributed by atoms with van der Waals surface area (Å²) in [6, 6.07) is 17.1. The molecule has 140 valence electrons. The minimum absolute atomic E-state index is 0.00569. The lowest BCUT2D eigenvalue weighted by molar-refractivity contribution is 0.388. The van der Waals surface area contributed by atoms with Gasteiger partial charge in [0.05, 0.1) is 16.9 Å². The number of benzene rings is 2. The first-order chi connectivity index (χ1) is 13.3. The Kier molecular flexibility index (Phi) is 4.01. The van der Waals surface area contributed by atoms with Crippen molar-refractivity contribution in [1.82, 2.24) is 0 Å². The molecule has 5 nitrogen and oxygen atoms in total. The molecule has 0 saturated carbocycles. The second-order valence-electron chi connectivity index (χ2n) is 7.93. The van der Waals surface area contributed by atoms with Gasteiger partial charge >= 0.3 is 5.63 Å². The van der Waals surface area contributed by atoms with Crippen LogP contribution < -0.4 is 16.1 Å². The molecule has 1 aliphatic heterocycles. The highest BCUT2D eigenvalue weighted by Crippen LogP contribution is 2.43. The van der Waals surface area contributed by atoms with E-state index in [0.29, 0.717) is 22.3 Å². The molecule has 1 aromatic heterocycles. The summed E-state index contributed by atoms with van der Waals surface area (Å²) in [7, 11) is 0. The normalized spacial score (nSPS) is 16.4. The van der Waals surface area contributed by atoms with Gasteiger partial charge in [-0.3, -0.25) is 0 Å². The number of fused-ring (bicyclic) bond motifs is 3. The van der Waals surface area contributed by atoms with Crippen LogP contribution in [0.3, 0.4) is 0 Å². The minimum Gasteiger partial charge on any atom is -0.439 e. The van der Waals surface area contributed by atoms with Crippen molar-refractivity contribution in [3.8, 4) is 11.8 Å². The fourth-order valence-corrected chi connectivity index (χ4v) is 3.57. The van der Waals surface area contributed by atoms with Crippen LogP contribution in [0.2, 0.25) is 0 Å². The summed E-state index contributed by atoms with van der Waals surface area (Å²) in [5, 5.41) is 10.4. The van der Waals surface area contributed by atoms with Crippen LogP contribution in [0.15, 0.2) is 69.2 Å². The first-order valence-corrected chi connectivity index (χ1v) is 9.05. The van der Waals surface area contributed by atoms with Crippen LogP contribution in [-0.4, -0.2) is 0 Å². The fourth-order valence-electron chi connectivity index (χ4n) is 3.57. The Bertz CT molecular complexity index is 1210. The van der Waals surface area contributed by atoms with Crippen molar-refractivity contribution in [1.29, 1.82) is 5.26 Å². The molecule has 0 fully saturated rings. The molecule has 0 unspecified atom stereocenters. The first-order valence-electron chi connectivity index (χ1n) is 9.05. The van der Waals surface area contributed by atoms with Gasteiger partial charge in [0.25, 0.3) is 0 Å². The Morgan fingerprint density at radius 1 is 1.07 bits per heavy atom. The predicted molar refractivity (Wildman–Crippen MR) is 107 cm³/mol. The number of rotatable bonds is 1. The van der Waals surface area contributed by atoms with Crippen molar-refractivity contribution in [3.63, 3.8) is 0 Å². The molecule has 1 aliphatic rings. The van der Waals surface area contributed by atoms with E-state index < -0.39 is 11.5 Å². The molecule has 28 heavy (non-hydrogen) atoms. The van der Waals surface area contributed by atoms with Crippen molar-refractivity contribution in [2.24, 2.45) is 5.73 Å². The van der Waals surface area contributed by atoms with Gasteiger partial charge in [0.2, 0.25) is 5.88 Å². The highest BCUT2D eigenvalue weighted by molar-refractivity contribution is 5.86. The highest BCUT2D eigenvalue weighted by Gasteiger charge is 2.35. The lowest BCUT2D eigenvalue weighted by atomic mass is 9.81. The lowest BCUT2D eigenvalue weighted by Crippen LogP contribution is -2.26. The van der Waals surface area contributed by atoms with Crippen molar-refractivity contribution in [3.05, 3.63) is 87.1 Å². The number of allylic oxidation sites excluding steroid dienone is 1. The molecular weight excluding hydrogens is 352 g/mol. The van der Waals surface area contributed by atoms with E-state index in [4.69, 9.17) is 14.9 Å². The van der Waals surface area contributed by atoms with Gasteiger partial charge in [-0.1, -0.05) is 57.2 Å². The molecule has 2 aromatic carbocycles. The second-order valence-corrected chi connectivity index (χ2v) is 7.93. The van der Waals surface area contributed by atoms with Gasteiger partial charge in [-0.05, 0) is 28.7 Å². The molecule has 1 atom stereocenters. The Hall–Kier alpha value is -3.52. The average Bonchev–Trinajstić information content (AvgIpc) is 2.66. The molecular formula is C23H20N2O3. The van der Waals surface area contributed by atoms with E-state index in [1.54, 1.807) is 12.1 Å². The van der Waals surface area contributed by atoms with Gasteiger partial charge in [-0.25, -0.2) is 4.79 Å². The smallest absolute Gasteiger partial charge is 0.344 e. The molecule has 0 aliphatic carbocycles. The lowest BCUT2D eigenvalue weighted by Gasteiger charge is -2.26. The number of nitriles is 1. The summed E-state index contributed by atoms with van der Waals surface area (Å²) >= 11 is 0. The molecule has 0 spiro atoms. The first kappa shape index (κ1) is 17.9. The summed E-state index contributed by atoms with van der Waals surface area (Å²) < 4.78 is 11.2. The van der Waals surface area contributed by atoms with Gasteiger partial charge in [-0.15, -0.1) is 0 Å².